The summed E-state index contributed by atoms with van der Waals surface area (Å²) in [4.78, 5) is 1.65. The second-order valence-corrected chi connectivity index (χ2v) is 5.93. The first-order valence-electron chi connectivity index (χ1n) is 8.60. The van der Waals surface area contributed by atoms with Crippen LogP contribution in [0.15, 0.2) is 6.07 Å². The van der Waals surface area contributed by atoms with Crippen molar-refractivity contribution >= 4 is 5.69 Å². The number of benzene rings is 1. The minimum Gasteiger partial charge on any atom is -0.369 e. The van der Waals surface area contributed by atoms with Gasteiger partial charge in [0.05, 0.1) is 5.69 Å². The Morgan fingerprint density at radius 1 is 0.696 bits per heavy atom. The summed E-state index contributed by atoms with van der Waals surface area (Å²) >= 11 is 0. The molecule has 1 aromatic carbocycles. The summed E-state index contributed by atoms with van der Waals surface area (Å²) < 4.78 is 54.1. The molecule has 0 aromatic heterocycles. The Bertz CT molecular complexity index is 465. The van der Waals surface area contributed by atoms with Crippen molar-refractivity contribution in [3.8, 4) is 0 Å². The molecular formula is C18H27F4N. The zero-order chi connectivity index (χ0) is 17.2. The van der Waals surface area contributed by atoms with Gasteiger partial charge in [-0.15, -0.1) is 0 Å². The maximum atomic E-state index is 14.0. The maximum Gasteiger partial charge on any atom is 0.199 e. The largest absolute Gasteiger partial charge is 0.369 e. The molecule has 0 bridgehead atoms. The first-order chi connectivity index (χ1) is 11.0. The molecule has 0 saturated heterocycles. The number of nitrogens with zero attached hydrogens (tertiary/aromatic N) is 1. The van der Waals surface area contributed by atoms with Gasteiger partial charge < -0.3 is 4.90 Å². The van der Waals surface area contributed by atoms with Crippen molar-refractivity contribution in [1.29, 1.82) is 0 Å². The smallest absolute Gasteiger partial charge is 0.199 e. The van der Waals surface area contributed by atoms with Crippen LogP contribution in [0.3, 0.4) is 0 Å². The van der Waals surface area contributed by atoms with E-state index in [2.05, 4.69) is 13.8 Å². The van der Waals surface area contributed by atoms with Gasteiger partial charge in [-0.25, -0.2) is 17.6 Å². The second-order valence-electron chi connectivity index (χ2n) is 5.93. The highest BCUT2D eigenvalue weighted by molar-refractivity contribution is 5.48. The van der Waals surface area contributed by atoms with E-state index in [0.717, 1.165) is 57.4 Å². The number of hydrogen-bond acceptors (Lipinski definition) is 1. The predicted molar refractivity (Wildman–Crippen MR) is 86.8 cm³/mol. The molecule has 1 rings (SSSR count). The summed E-state index contributed by atoms with van der Waals surface area (Å²) in [7, 11) is 0. The molecule has 0 N–H and O–H groups in total. The molecule has 0 saturated carbocycles. The van der Waals surface area contributed by atoms with E-state index in [1.807, 2.05) is 0 Å². The molecule has 0 spiro atoms. The molecule has 0 amide bonds. The Morgan fingerprint density at radius 2 is 1.22 bits per heavy atom. The lowest BCUT2D eigenvalue weighted by Crippen LogP contribution is -2.27. The van der Waals surface area contributed by atoms with Gasteiger partial charge in [0.25, 0.3) is 0 Å². The standard InChI is InChI=1S/C18H27F4N/c1-3-5-7-9-11-23(12-10-8-6-4-2)15-13-14(19)16(20)18(22)17(15)21/h13H,3-12H2,1-2H3. The molecule has 1 aromatic rings. The van der Waals surface area contributed by atoms with E-state index in [-0.39, 0.29) is 5.69 Å². The van der Waals surface area contributed by atoms with Crippen molar-refractivity contribution in [2.45, 2.75) is 65.2 Å². The summed E-state index contributed by atoms with van der Waals surface area (Å²) in [5.41, 5.74) is -0.172. The number of anilines is 1. The molecule has 0 heterocycles. The van der Waals surface area contributed by atoms with Crippen molar-refractivity contribution < 1.29 is 17.6 Å². The summed E-state index contributed by atoms with van der Waals surface area (Å²) in [6.45, 7) is 5.22. The summed E-state index contributed by atoms with van der Waals surface area (Å²) in [6.07, 6.45) is 7.89. The van der Waals surface area contributed by atoms with Gasteiger partial charge in [0.1, 0.15) is 0 Å². The minimum atomic E-state index is -1.75. The van der Waals surface area contributed by atoms with Crippen LogP contribution in [0.5, 0.6) is 0 Å². The Balaban J connectivity index is 2.84. The molecule has 0 atom stereocenters. The van der Waals surface area contributed by atoms with E-state index < -0.39 is 23.3 Å². The van der Waals surface area contributed by atoms with E-state index in [9.17, 15) is 17.6 Å². The average molecular weight is 333 g/mol. The molecule has 0 aliphatic carbocycles. The number of hydrogen-bond donors (Lipinski definition) is 0. The van der Waals surface area contributed by atoms with Crippen molar-refractivity contribution in [2.75, 3.05) is 18.0 Å². The third-order valence-electron chi connectivity index (χ3n) is 3.99. The predicted octanol–water partition coefficient (Wildman–Crippen LogP) is 6.21. The van der Waals surface area contributed by atoms with Crippen LogP contribution in [-0.2, 0) is 0 Å². The van der Waals surface area contributed by atoms with Crippen LogP contribution in [0, 0.1) is 23.3 Å². The van der Waals surface area contributed by atoms with Gasteiger partial charge in [0.15, 0.2) is 23.3 Å². The minimum absolute atomic E-state index is 0.172. The molecule has 0 radical (unpaired) electrons. The highest BCUT2D eigenvalue weighted by Crippen LogP contribution is 2.27. The zero-order valence-corrected chi connectivity index (χ0v) is 14.1. The van der Waals surface area contributed by atoms with Crippen LogP contribution in [0.2, 0.25) is 0 Å². The van der Waals surface area contributed by atoms with Gasteiger partial charge >= 0.3 is 0 Å². The monoisotopic (exact) mass is 333 g/mol. The fraction of sp³-hybridized carbons (Fsp3) is 0.667. The van der Waals surface area contributed by atoms with Crippen LogP contribution in [-0.4, -0.2) is 13.1 Å². The van der Waals surface area contributed by atoms with Crippen molar-refractivity contribution in [2.24, 2.45) is 0 Å². The second kappa shape index (κ2) is 10.5. The highest BCUT2D eigenvalue weighted by Gasteiger charge is 2.22. The van der Waals surface area contributed by atoms with Crippen LogP contribution >= 0.6 is 0 Å². The molecule has 1 nitrogen and oxygen atoms in total. The molecule has 0 unspecified atom stereocenters. The van der Waals surface area contributed by atoms with E-state index in [0.29, 0.717) is 13.1 Å². The molecule has 23 heavy (non-hydrogen) atoms. The molecular weight excluding hydrogens is 306 g/mol. The zero-order valence-electron chi connectivity index (χ0n) is 14.1. The number of rotatable bonds is 11. The van der Waals surface area contributed by atoms with Crippen LogP contribution < -0.4 is 4.90 Å². The van der Waals surface area contributed by atoms with Gasteiger partial charge in [-0.05, 0) is 12.8 Å². The fourth-order valence-electron chi connectivity index (χ4n) is 2.60. The normalized spacial score (nSPS) is 11.0. The fourth-order valence-corrected chi connectivity index (χ4v) is 2.60. The van der Waals surface area contributed by atoms with E-state index in [1.54, 1.807) is 4.90 Å². The van der Waals surface area contributed by atoms with Gasteiger partial charge in [-0.3, -0.25) is 0 Å². The Morgan fingerprint density at radius 3 is 1.70 bits per heavy atom. The van der Waals surface area contributed by atoms with Crippen molar-refractivity contribution in [3.63, 3.8) is 0 Å². The van der Waals surface area contributed by atoms with Crippen molar-refractivity contribution in [3.05, 3.63) is 29.3 Å². The lowest BCUT2D eigenvalue weighted by Gasteiger charge is -2.26. The first kappa shape index (κ1) is 19.8. The van der Waals surface area contributed by atoms with Gasteiger partial charge in [0, 0.05) is 19.2 Å². The lowest BCUT2D eigenvalue weighted by atomic mass is 10.1. The van der Waals surface area contributed by atoms with Gasteiger partial charge in [-0.2, -0.15) is 0 Å². The van der Waals surface area contributed by atoms with Crippen LogP contribution in [0.1, 0.15) is 65.2 Å². The third kappa shape index (κ3) is 6.04. The molecule has 5 heteroatoms. The highest BCUT2D eigenvalue weighted by atomic mass is 19.2. The molecule has 0 aliphatic heterocycles. The average Bonchev–Trinajstić information content (AvgIpc) is 2.55. The third-order valence-corrected chi connectivity index (χ3v) is 3.99. The van der Waals surface area contributed by atoms with Gasteiger partial charge in [0.2, 0.25) is 0 Å². The Kier molecular flexibility index (Phi) is 9.03. The SMILES string of the molecule is CCCCCCN(CCCCCC)c1cc(F)c(F)c(F)c1F. The number of halogens is 4. The summed E-state index contributed by atoms with van der Waals surface area (Å²) in [5, 5.41) is 0. The molecule has 0 fully saturated rings. The number of unbranched alkanes of at least 4 members (excludes halogenated alkanes) is 6. The topological polar surface area (TPSA) is 3.24 Å². The lowest BCUT2D eigenvalue weighted by molar-refractivity contribution is 0.408. The van der Waals surface area contributed by atoms with E-state index >= 15 is 0 Å². The Labute approximate surface area is 136 Å². The summed E-state index contributed by atoms with van der Waals surface area (Å²) in [6, 6.07) is 0.771. The quantitative estimate of drug-likeness (QED) is 0.201. The van der Waals surface area contributed by atoms with Crippen LogP contribution in [0.25, 0.3) is 0 Å². The molecule has 0 aliphatic rings. The van der Waals surface area contributed by atoms with Gasteiger partial charge in [-0.1, -0.05) is 52.4 Å². The maximum absolute atomic E-state index is 14.0. The van der Waals surface area contributed by atoms with E-state index in [4.69, 9.17) is 0 Å². The molecule has 132 valence electrons. The first-order valence-corrected chi connectivity index (χ1v) is 8.60. The summed E-state index contributed by atoms with van der Waals surface area (Å²) in [5.74, 6) is -6.11. The van der Waals surface area contributed by atoms with Crippen LogP contribution in [0.4, 0.5) is 23.2 Å². The Hall–Kier alpha value is -1.26. The van der Waals surface area contributed by atoms with E-state index in [1.165, 1.54) is 0 Å². The van der Waals surface area contributed by atoms with Crippen molar-refractivity contribution in [1.82, 2.24) is 0 Å².